The lowest BCUT2D eigenvalue weighted by Gasteiger charge is -2.17. The number of Topliss-reactive ketones (excluding diaryl/α,β-unsaturated/α-hetero) is 2. The summed E-state index contributed by atoms with van der Waals surface area (Å²) in [7, 11) is 3.21. The minimum absolute atomic E-state index is 0.0589. The molecule has 3 aromatic carbocycles. The van der Waals surface area contributed by atoms with Gasteiger partial charge in [-0.15, -0.1) is 0 Å². The second-order valence-electron chi connectivity index (χ2n) is 8.67. The lowest BCUT2D eigenvalue weighted by atomic mass is 9.93. The molecule has 0 spiro atoms. The van der Waals surface area contributed by atoms with E-state index in [2.05, 4.69) is 0 Å². The molecular formula is C30H33ClO6. The molecule has 0 bridgehead atoms. The summed E-state index contributed by atoms with van der Waals surface area (Å²) in [6.45, 7) is 4.46. The predicted molar refractivity (Wildman–Crippen MR) is 144 cm³/mol. The fourth-order valence-electron chi connectivity index (χ4n) is 3.80. The minimum Gasteiger partial charge on any atom is -0.497 e. The molecule has 0 saturated carbocycles. The maximum atomic E-state index is 13.0. The fraction of sp³-hybridized carbons (Fsp3) is 0.333. The highest BCUT2D eigenvalue weighted by atomic mass is 35.5. The summed E-state index contributed by atoms with van der Waals surface area (Å²) in [5.74, 6) is 1.15. The molecule has 3 rings (SSSR count). The molecule has 0 N–H and O–H groups in total. The summed E-state index contributed by atoms with van der Waals surface area (Å²) in [4.78, 5) is 25.7. The molecule has 0 atom stereocenters. The number of hydrogen-bond donors (Lipinski definition) is 0. The number of carbonyl (C=O) groups excluding carboxylic acids is 2. The van der Waals surface area contributed by atoms with Crippen molar-refractivity contribution in [2.45, 2.75) is 46.3 Å². The third-order valence-corrected chi connectivity index (χ3v) is 6.66. The van der Waals surface area contributed by atoms with Gasteiger partial charge in [0.1, 0.15) is 24.7 Å². The smallest absolute Gasteiger partial charge is 0.230 e. The Bertz CT molecular complexity index is 1180. The molecule has 0 saturated heterocycles. The van der Waals surface area contributed by atoms with Crippen molar-refractivity contribution in [3.05, 3.63) is 82.4 Å². The van der Waals surface area contributed by atoms with Gasteiger partial charge in [0.2, 0.25) is 11.6 Å². The zero-order valence-corrected chi connectivity index (χ0v) is 22.5. The zero-order chi connectivity index (χ0) is 26.8. The Balaban J connectivity index is 1.86. The van der Waals surface area contributed by atoms with Crippen molar-refractivity contribution in [2.75, 3.05) is 14.2 Å². The molecule has 0 unspecified atom stereocenters. The summed E-state index contributed by atoms with van der Waals surface area (Å²) < 4.78 is 22.5. The molecule has 196 valence electrons. The zero-order valence-electron chi connectivity index (χ0n) is 21.7. The first-order valence-electron chi connectivity index (χ1n) is 12.3. The Morgan fingerprint density at radius 1 is 0.757 bits per heavy atom. The van der Waals surface area contributed by atoms with Gasteiger partial charge >= 0.3 is 0 Å². The van der Waals surface area contributed by atoms with E-state index in [0.29, 0.717) is 5.75 Å². The van der Waals surface area contributed by atoms with E-state index in [1.54, 1.807) is 20.3 Å². The Labute approximate surface area is 223 Å². The average Bonchev–Trinajstić information content (AvgIpc) is 2.94. The van der Waals surface area contributed by atoms with Crippen LogP contribution in [0.15, 0.2) is 60.7 Å². The number of carbonyl (C=O) groups is 2. The van der Waals surface area contributed by atoms with Gasteiger partial charge in [0.15, 0.2) is 11.5 Å². The molecule has 37 heavy (non-hydrogen) atoms. The maximum absolute atomic E-state index is 13.0. The monoisotopic (exact) mass is 524 g/mol. The van der Waals surface area contributed by atoms with Crippen LogP contribution < -0.4 is 18.9 Å². The Kier molecular flexibility index (Phi) is 10.4. The number of ketones is 2. The Morgan fingerprint density at radius 2 is 1.27 bits per heavy atom. The number of halogens is 1. The van der Waals surface area contributed by atoms with Crippen LogP contribution in [0, 0.1) is 5.92 Å². The van der Waals surface area contributed by atoms with Crippen molar-refractivity contribution < 1.29 is 28.5 Å². The number of methoxy groups -OCH3 is 2. The van der Waals surface area contributed by atoms with Gasteiger partial charge in [-0.1, -0.05) is 62.6 Å². The average molecular weight is 525 g/mol. The molecule has 0 aliphatic heterocycles. The Morgan fingerprint density at radius 3 is 1.76 bits per heavy atom. The van der Waals surface area contributed by atoms with E-state index in [1.807, 2.05) is 62.4 Å². The van der Waals surface area contributed by atoms with Crippen LogP contribution in [0.4, 0.5) is 0 Å². The van der Waals surface area contributed by atoms with E-state index in [0.717, 1.165) is 35.5 Å². The van der Waals surface area contributed by atoms with Crippen molar-refractivity contribution in [2.24, 2.45) is 5.92 Å². The van der Waals surface area contributed by atoms with Gasteiger partial charge in [0.25, 0.3) is 0 Å². The standard InChI is InChI=1S/C30H33ClO6/c1-5-20(6-2)17-26(32)29(33)25-15-16-27(36-18-21-7-11-23(34-3)12-8-21)30(28(25)31)37-19-22-9-13-24(35-4)14-10-22/h7-16,20H,5-6,17-19H2,1-4H3. The van der Waals surface area contributed by atoms with Crippen LogP contribution in [0.5, 0.6) is 23.0 Å². The number of benzene rings is 3. The highest BCUT2D eigenvalue weighted by Gasteiger charge is 2.25. The SMILES string of the molecule is CCC(CC)CC(=O)C(=O)c1ccc(OCc2ccc(OC)cc2)c(OCc2ccc(OC)cc2)c1Cl. The van der Waals surface area contributed by atoms with Crippen LogP contribution in [-0.4, -0.2) is 25.8 Å². The van der Waals surface area contributed by atoms with Gasteiger partial charge in [-0.2, -0.15) is 0 Å². The maximum Gasteiger partial charge on any atom is 0.230 e. The topological polar surface area (TPSA) is 71.1 Å². The van der Waals surface area contributed by atoms with E-state index in [4.69, 9.17) is 30.5 Å². The molecule has 0 radical (unpaired) electrons. The van der Waals surface area contributed by atoms with Gasteiger partial charge in [-0.05, 0) is 53.4 Å². The van der Waals surface area contributed by atoms with Crippen molar-refractivity contribution in [3.63, 3.8) is 0 Å². The minimum atomic E-state index is -0.618. The summed E-state index contributed by atoms with van der Waals surface area (Å²) in [6.07, 6.45) is 1.86. The van der Waals surface area contributed by atoms with Gasteiger partial charge in [-0.25, -0.2) is 0 Å². The van der Waals surface area contributed by atoms with E-state index >= 15 is 0 Å². The van der Waals surface area contributed by atoms with Crippen LogP contribution in [0.25, 0.3) is 0 Å². The lowest BCUT2D eigenvalue weighted by Crippen LogP contribution is -2.18. The number of ether oxygens (including phenoxy) is 4. The van der Waals surface area contributed by atoms with E-state index < -0.39 is 11.6 Å². The van der Waals surface area contributed by atoms with Crippen LogP contribution in [0.1, 0.15) is 54.6 Å². The summed E-state index contributed by atoms with van der Waals surface area (Å²) in [6, 6.07) is 18.0. The highest BCUT2D eigenvalue weighted by Crippen LogP contribution is 2.39. The molecule has 6 nitrogen and oxygen atoms in total. The molecule has 0 amide bonds. The van der Waals surface area contributed by atoms with Crippen molar-refractivity contribution in [1.82, 2.24) is 0 Å². The fourth-order valence-corrected chi connectivity index (χ4v) is 4.10. The molecule has 7 heteroatoms. The normalized spacial score (nSPS) is 10.8. The molecule has 0 heterocycles. The molecule has 0 fully saturated rings. The van der Waals surface area contributed by atoms with Crippen LogP contribution in [0.2, 0.25) is 5.02 Å². The van der Waals surface area contributed by atoms with Gasteiger partial charge < -0.3 is 18.9 Å². The Hall–Kier alpha value is -3.51. The van der Waals surface area contributed by atoms with Crippen LogP contribution >= 0.6 is 11.6 Å². The van der Waals surface area contributed by atoms with Gasteiger partial charge in [0.05, 0.1) is 19.2 Å². The summed E-state index contributed by atoms with van der Waals surface area (Å²) in [5, 5.41) is 0.0589. The summed E-state index contributed by atoms with van der Waals surface area (Å²) in [5.41, 5.74) is 1.90. The lowest BCUT2D eigenvalue weighted by molar-refractivity contribution is -0.116. The summed E-state index contributed by atoms with van der Waals surface area (Å²) >= 11 is 6.68. The molecule has 3 aromatic rings. The number of rotatable bonds is 14. The first-order valence-corrected chi connectivity index (χ1v) is 12.7. The molecular weight excluding hydrogens is 492 g/mol. The van der Waals surface area contributed by atoms with Crippen molar-refractivity contribution >= 4 is 23.2 Å². The predicted octanol–water partition coefficient (Wildman–Crippen LogP) is 7.09. The second kappa shape index (κ2) is 13.7. The highest BCUT2D eigenvalue weighted by molar-refractivity contribution is 6.48. The third-order valence-electron chi connectivity index (χ3n) is 6.28. The molecule has 0 aliphatic carbocycles. The van der Waals surface area contributed by atoms with Gasteiger partial charge in [0, 0.05) is 12.0 Å². The van der Waals surface area contributed by atoms with E-state index in [9.17, 15) is 9.59 Å². The third kappa shape index (κ3) is 7.49. The first-order chi connectivity index (χ1) is 17.9. The molecule has 0 aliphatic rings. The quantitative estimate of drug-likeness (QED) is 0.165. The second-order valence-corrected chi connectivity index (χ2v) is 9.04. The van der Waals surface area contributed by atoms with Crippen LogP contribution in [0.3, 0.4) is 0 Å². The number of hydrogen-bond acceptors (Lipinski definition) is 6. The van der Waals surface area contributed by atoms with Crippen molar-refractivity contribution in [1.29, 1.82) is 0 Å². The molecule has 0 aromatic heterocycles. The van der Waals surface area contributed by atoms with E-state index in [-0.39, 0.29) is 41.9 Å². The van der Waals surface area contributed by atoms with Crippen LogP contribution in [-0.2, 0) is 18.0 Å². The van der Waals surface area contributed by atoms with Crippen molar-refractivity contribution in [3.8, 4) is 23.0 Å². The van der Waals surface area contributed by atoms with Gasteiger partial charge in [-0.3, -0.25) is 9.59 Å². The first kappa shape index (κ1) is 28.1. The van der Waals surface area contributed by atoms with E-state index in [1.165, 1.54) is 6.07 Å². The largest absolute Gasteiger partial charge is 0.497 e.